The highest BCUT2D eigenvalue weighted by atomic mass is 16.5. The Hall–Kier alpha value is -0.0400. The van der Waals surface area contributed by atoms with E-state index in [9.17, 15) is 0 Å². The predicted octanol–water partition coefficient (Wildman–Crippen LogP) is 4.41. The van der Waals surface area contributed by atoms with Gasteiger partial charge in [0.1, 0.15) is 0 Å². The van der Waals surface area contributed by atoms with Crippen molar-refractivity contribution in [3.05, 3.63) is 0 Å². The van der Waals surface area contributed by atoms with Crippen LogP contribution in [0.4, 0.5) is 0 Å². The Balaban J connectivity index is 2.11. The summed E-state index contributed by atoms with van der Waals surface area (Å²) in [6, 6.07) is 0. The van der Waals surface area contributed by atoms with Crippen molar-refractivity contribution in [2.24, 2.45) is 22.7 Å². The van der Waals surface area contributed by atoms with E-state index in [2.05, 4.69) is 20.8 Å². The van der Waals surface area contributed by atoms with Crippen LogP contribution < -0.4 is 0 Å². The molecule has 1 saturated heterocycles. The second-order valence-electron chi connectivity index (χ2n) is 7.53. The molecule has 1 aliphatic heterocycles. The fraction of sp³-hybridized carbons (Fsp3) is 1.00. The van der Waals surface area contributed by atoms with Crippen molar-refractivity contribution in [1.82, 2.24) is 0 Å². The van der Waals surface area contributed by atoms with Crippen molar-refractivity contribution >= 4 is 0 Å². The molecular weight excluding hydrogens is 208 g/mol. The minimum atomic E-state index is -2.19. The van der Waals surface area contributed by atoms with Crippen LogP contribution in [-0.2, 0) is 4.74 Å². The zero-order valence-corrected chi connectivity index (χ0v) is 11.6. The normalized spacial score (nSPS) is 62.4. The first-order valence-electron chi connectivity index (χ1n) is 9.07. The van der Waals surface area contributed by atoms with Crippen LogP contribution in [0.15, 0.2) is 0 Å². The number of hydrogen-bond acceptors (Lipinski definition) is 1. The summed E-state index contributed by atoms with van der Waals surface area (Å²) in [6.07, 6.45) is 3.13. The Morgan fingerprint density at radius 2 is 1.82 bits per heavy atom. The van der Waals surface area contributed by atoms with E-state index in [1.54, 1.807) is 0 Å². The van der Waals surface area contributed by atoms with Gasteiger partial charge in [0.05, 0.1) is 8.34 Å². The smallest absolute Gasteiger partial charge is 0.0688 e. The van der Waals surface area contributed by atoms with Gasteiger partial charge in [-0.3, -0.25) is 0 Å². The van der Waals surface area contributed by atoms with Crippen molar-refractivity contribution in [2.75, 3.05) is 6.56 Å². The Morgan fingerprint density at radius 3 is 2.59 bits per heavy atom. The Kier molecular flexibility index (Phi) is 1.69. The van der Waals surface area contributed by atoms with Crippen molar-refractivity contribution in [3.8, 4) is 0 Å². The third-order valence-electron chi connectivity index (χ3n) is 5.96. The molecule has 98 valence electrons. The van der Waals surface area contributed by atoms with Gasteiger partial charge in [-0.25, -0.2) is 0 Å². The molecule has 1 heteroatoms. The molecule has 3 rings (SSSR count). The van der Waals surface area contributed by atoms with Crippen molar-refractivity contribution < 1.29 is 10.2 Å². The number of fused-ring (bicyclic) bond motifs is 3. The third-order valence-corrected chi connectivity index (χ3v) is 5.96. The molecule has 0 aromatic carbocycles. The van der Waals surface area contributed by atoms with Gasteiger partial charge in [-0.05, 0) is 61.6 Å². The standard InChI is InChI=1S/C16H28O/c1-14(2)8-5-9-15(3)12(14)6-10-16(4)13(15)7-11-17-16/h12-13H,5-11H2,1-4H3/t12-,13+,15-,16+/m0/s1/i7D2,11D2. The van der Waals surface area contributed by atoms with Gasteiger partial charge in [0.15, 0.2) is 0 Å². The van der Waals surface area contributed by atoms with Crippen LogP contribution in [0.1, 0.15) is 71.7 Å². The van der Waals surface area contributed by atoms with E-state index in [1.165, 1.54) is 6.42 Å². The molecule has 0 bridgehead atoms. The fourth-order valence-corrected chi connectivity index (χ4v) is 5.14. The molecule has 0 spiro atoms. The zero-order valence-electron chi connectivity index (χ0n) is 15.6. The summed E-state index contributed by atoms with van der Waals surface area (Å²) in [5, 5.41) is 0. The third kappa shape index (κ3) is 1.54. The number of hydrogen-bond donors (Lipinski definition) is 0. The van der Waals surface area contributed by atoms with Gasteiger partial charge in [0.25, 0.3) is 0 Å². The van der Waals surface area contributed by atoms with E-state index in [0.717, 1.165) is 25.7 Å². The first-order chi connectivity index (χ1) is 9.37. The topological polar surface area (TPSA) is 9.23 Å². The Labute approximate surface area is 112 Å². The highest BCUT2D eigenvalue weighted by molar-refractivity contribution is 5.09. The molecule has 1 nitrogen and oxygen atoms in total. The summed E-state index contributed by atoms with van der Waals surface area (Å²) < 4.78 is 38.8. The molecule has 2 saturated carbocycles. The summed E-state index contributed by atoms with van der Waals surface area (Å²) in [4.78, 5) is 0. The molecule has 0 amide bonds. The van der Waals surface area contributed by atoms with E-state index < -0.39 is 18.5 Å². The van der Waals surface area contributed by atoms with E-state index in [1.807, 2.05) is 6.92 Å². The zero-order chi connectivity index (χ0) is 15.9. The van der Waals surface area contributed by atoms with Gasteiger partial charge in [0.2, 0.25) is 0 Å². The average molecular weight is 240 g/mol. The van der Waals surface area contributed by atoms with Crippen LogP contribution in [0.3, 0.4) is 0 Å². The lowest BCUT2D eigenvalue weighted by atomic mass is 9.46. The van der Waals surface area contributed by atoms with E-state index in [0.29, 0.717) is 5.92 Å². The Bertz CT molecular complexity index is 461. The highest BCUT2D eigenvalue weighted by Crippen LogP contribution is 2.64. The molecule has 0 N–H and O–H groups in total. The molecule has 3 fully saturated rings. The molecule has 1 heterocycles. The van der Waals surface area contributed by atoms with Crippen LogP contribution in [-0.4, -0.2) is 12.2 Å². The maximum absolute atomic E-state index is 8.48. The van der Waals surface area contributed by atoms with Crippen LogP contribution in [0.25, 0.3) is 0 Å². The summed E-state index contributed by atoms with van der Waals surface area (Å²) in [5.41, 5.74) is -0.645. The summed E-state index contributed by atoms with van der Waals surface area (Å²) >= 11 is 0. The second-order valence-corrected chi connectivity index (χ2v) is 7.53. The molecule has 0 radical (unpaired) electrons. The monoisotopic (exact) mass is 240 g/mol. The largest absolute Gasteiger partial charge is 0.375 e. The fourth-order valence-electron chi connectivity index (χ4n) is 5.14. The second kappa shape index (κ2) is 3.50. The molecular formula is C16H28O. The number of ether oxygens (including phenoxy) is 1. The van der Waals surface area contributed by atoms with Gasteiger partial charge in [-0.1, -0.05) is 27.2 Å². The maximum atomic E-state index is 8.48. The van der Waals surface area contributed by atoms with Gasteiger partial charge in [0, 0.05) is 9.30 Å². The minimum Gasteiger partial charge on any atom is -0.375 e. The van der Waals surface area contributed by atoms with E-state index >= 15 is 0 Å². The van der Waals surface area contributed by atoms with Gasteiger partial charge in [-0.15, -0.1) is 0 Å². The molecule has 0 unspecified atom stereocenters. The minimum absolute atomic E-state index is 0.178. The summed E-state index contributed by atoms with van der Waals surface area (Å²) in [5.74, 6) is 0.0789. The lowest BCUT2D eigenvalue weighted by Gasteiger charge is -2.60. The molecule has 4 atom stereocenters. The molecule has 0 aromatic rings. The van der Waals surface area contributed by atoms with Crippen LogP contribution >= 0.6 is 0 Å². The summed E-state index contributed by atoms with van der Waals surface area (Å²) in [7, 11) is 0. The van der Waals surface area contributed by atoms with Crippen molar-refractivity contribution in [3.63, 3.8) is 0 Å². The van der Waals surface area contributed by atoms with Crippen LogP contribution in [0.2, 0.25) is 0 Å². The van der Waals surface area contributed by atoms with Crippen molar-refractivity contribution in [2.45, 2.75) is 71.8 Å². The predicted molar refractivity (Wildman–Crippen MR) is 70.9 cm³/mol. The van der Waals surface area contributed by atoms with Crippen LogP contribution in [0, 0.1) is 22.7 Å². The SMILES string of the molecule is [2H]C1([2H])O[C@]2(C)CC[C@H]3C(C)(C)CCC[C@]3(C)[C@H]2C1([2H])[2H]. The number of rotatable bonds is 0. The first kappa shape index (κ1) is 8.19. The van der Waals surface area contributed by atoms with Gasteiger partial charge in [-0.2, -0.15) is 0 Å². The van der Waals surface area contributed by atoms with Crippen LogP contribution in [0.5, 0.6) is 0 Å². The maximum Gasteiger partial charge on any atom is 0.0688 e. The summed E-state index contributed by atoms with van der Waals surface area (Å²) in [6.45, 7) is 6.55. The molecule has 17 heavy (non-hydrogen) atoms. The van der Waals surface area contributed by atoms with E-state index in [4.69, 9.17) is 10.2 Å². The molecule has 2 aliphatic carbocycles. The van der Waals surface area contributed by atoms with Gasteiger partial charge < -0.3 is 4.74 Å². The average Bonchev–Trinajstić information content (AvgIpc) is 2.39. The van der Waals surface area contributed by atoms with Crippen molar-refractivity contribution in [1.29, 1.82) is 0 Å². The molecule has 0 aromatic heterocycles. The van der Waals surface area contributed by atoms with E-state index in [-0.39, 0.29) is 16.7 Å². The Morgan fingerprint density at radius 1 is 1.06 bits per heavy atom. The van der Waals surface area contributed by atoms with Gasteiger partial charge >= 0.3 is 0 Å². The molecule has 3 aliphatic rings. The first-order valence-corrected chi connectivity index (χ1v) is 7.07. The lowest BCUT2D eigenvalue weighted by Crippen LogP contribution is -2.55. The quantitative estimate of drug-likeness (QED) is 0.609. The lowest BCUT2D eigenvalue weighted by molar-refractivity contribution is -0.147. The highest BCUT2D eigenvalue weighted by Gasteiger charge is 2.60.